The number of carbonyl (C=O) groups is 1. The molecule has 0 radical (unpaired) electrons. The van der Waals surface area contributed by atoms with E-state index in [0.29, 0.717) is 11.3 Å². The monoisotopic (exact) mass is 216 g/mol. The first-order valence-corrected chi connectivity index (χ1v) is 4.83. The largest absolute Gasteiger partial charge is 0.465 e. The van der Waals surface area contributed by atoms with Crippen LogP contribution in [-0.4, -0.2) is 17.6 Å². The van der Waals surface area contributed by atoms with Crippen molar-refractivity contribution in [2.75, 3.05) is 12.8 Å². The third-order valence-electron chi connectivity index (χ3n) is 2.26. The number of carbonyl (C=O) groups excluding carboxylic acids is 1. The zero-order valence-corrected chi connectivity index (χ0v) is 8.88. The van der Waals surface area contributed by atoms with Gasteiger partial charge >= 0.3 is 5.97 Å². The number of nitrogens with zero attached hydrogens (tertiary/aromatic N) is 1. The van der Waals surface area contributed by atoms with Crippen LogP contribution in [0, 0.1) is 0 Å². The van der Waals surface area contributed by atoms with Crippen molar-refractivity contribution in [1.82, 2.24) is 4.57 Å². The molecule has 82 valence electrons. The molecule has 1 aromatic carbocycles. The molecular formula is C12H12N2O2. The maximum absolute atomic E-state index is 11.4. The van der Waals surface area contributed by atoms with Crippen molar-refractivity contribution < 1.29 is 9.53 Å². The van der Waals surface area contributed by atoms with E-state index in [9.17, 15) is 4.79 Å². The highest BCUT2D eigenvalue weighted by Crippen LogP contribution is 2.16. The minimum absolute atomic E-state index is 0.388. The Balaban J connectivity index is 2.48. The Morgan fingerprint density at radius 1 is 1.25 bits per heavy atom. The van der Waals surface area contributed by atoms with Crippen LogP contribution in [0.3, 0.4) is 0 Å². The number of methoxy groups -OCH3 is 1. The van der Waals surface area contributed by atoms with E-state index in [1.807, 2.05) is 29.1 Å². The molecular weight excluding hydrogens is 204 g/mol. The molecule has 2 rings (SSSR count). The zero-order chi connectivity index (χ0) is 11.5. The van der Waals surface area contributed by atoms with Crippen LogP contribution in [0.1, 0.15) is 10.4 Å². The highest BCUT2D eigenvalue weighted by atomic mass is 16.5. The van der Waals surface area contributed by atoms with E-state index < -0.39 is 0 Å². The zero-order valence-electron chi connectivity index (χ0n) is 8.88. The molecule has 0 atom stereocenters. The summed E-state index contributed by atoms with van der Waals surface area (Å²) in [5, 5.41) is 0. The lowest BCUT2D eigenvalue weighted by molar-refractivity contribution is 0.0601. The molecule has 1 aromatic heterocycles. The summed E-state index contributed by atoms with van der Waals surface area (Å²) in [7, 11) is 1.35. The lowest BCUT2D eigenvalue weighted by Gasteiger charge is -2.07. The molecule has 2 aromatic rings. The maximum Gasteiger partial charge on any atom is 0.337 e. The molecule has 0 aliphatic rings. The van der Waals surface area contributed by atoms with E-state index in [1.54, 1.807) is 18.2 Å². The first-order valence-electron chi connectivity index (χ1n) is 4.83. The highest BCUT2D eigenvalue weighted by molar-refractivity contribution is 5.91. The van der Waals surface area contributed by atoms with Crippen molar-refractivity contribution in [3.63, 3.8) is 0 Å². The van der Waals surface area contributed by atoms with Crippen LogP contribution >= 0.6 is 0 Å². The minimum Gasteiger partial charge on any atom is -0.465 e. The Morgan fingerprint density at radius 2 is 1.94 bits per heavy atom. The second-order valence-corrected chi connectivity index (χ2v) is 3.40. The molecule has 0 amide bonds. The Hall–Kier alpha value is -2.23. The molecule has 4 heteroatoms. The lowest BCUT2D eigenvalue weighted by atomic mass is 10.1. The smallest absolute Gasteiger partial charge is 0.337 e. The van der Waals surface area contributed by atoms with Crippen LogP contribution in [0.5, 0.6) is 0 Å². The minimum atomic E-state index is -0.388. The summed E-state index contributed by atoms with van der Waals surface area (Å²) in [6.07, 6.45) is 3.77. The van der Waals surface area contributed by atoms with E-state index >= 15 is 0 Å². The quantitative estimate of drug-likeness (QED) is 0.615. The number of benzene rings is 1. The number of nitrogens with two attached hydrogens (primary N) is 1. The van der Waals surface area contributed by atoms with Crippen LogP contribution in [0.25, 0.3) is 5.69 Å². The molecule has 4 nitrogen and oxygen atoms in total. The molecule has 16 heavy (non-hydrogen) atoms. The molecule has 0 aliphatic carbocycles. The molecule has 0 unspecified atom stereocenters. The first kappa shape index (κ1) is 10.3. The van der Waals surface area contributed by atoms with Gasteiger partial charge in [-0.3, -0.25) is 0 Å². The fourth-order valence-corrected chi connectivity index (χ4v) is 1.53. The van der Waals surface area contributed by atoms with Gasteiger partial charge in [0.25, 0.3) is 0 Å². The van der Waals surface area contributed by atoms with E-state index in [2.05, 4.69) is 4.74 Å². The fraction of sp³-hybridized carbons (Fsp3) is 0.0833. The van der Waals surface area contributed by atoms with Gasteiger partial charge in [0, 0.05) is 23.8 Å². The van der Waals surface area contributed by atoms with E-state index in [-0.39, 0.29) is 5.97 Å². The van der Waals surface area contributed by atoms with Crippen molar-refractivity contribution in [2.45, 2.75) is 0 Å². The average molecular weight is 216 g/mol. The van der Waals surface area contributed by atoms with Gasteiger partial charge in [-0.15, -0.1) is 0 Å². The van der Waals surface area contributed by atoms with Crippen LogP contribution in [0.15, 0.2) is 42.7 Å². The molecule has 0 bridgehead atoms. The van der Waals surface area contributed by atoms with E-state index in [0.717, 1.165) is 5.69 Å². The van der Waals surface area contributed by atoms with Crippen molar-refractivity contribution in [3.8, 4) is 5.69 Å². The van der Waals surface area contributed by atoms with E-state index in [4.69, 9.17) is 5.73 Å². The van der Waals surface area contributed by atoms with Crippen LogP contribution in [0.4, 0.5) is 5.69 Å². The number of ether oxygens (including phenoxy) is 1. The Kier molecular flexibility index (Phi) is 2.64. The van der Waals surface area contributed by atoms with Crippen molar-refractivity contribution in [2.24, 2.45) is 0 Å². The van der Waals surface area contributed by atoms with Gasteiger partial charge in [0.2, 0.25) is 0 Å². The second-order valence-electron chi connectivity index (χ2n) is 3.40. The number of hydrogen-bond donors (Lipinski definition) is 1. The van der Waals surface area contributed by atoms with Gasteiger partial charge in [-0.05, 0) is 30.3 Å². The summed E-state index contributed by atoms with van der Waals surface area (Å²) >= 11 is 0. The molecule has 0 saturated carbocycles. The fourth-order valence-electron chi connectivity index (χ4n) is 1.53. The van der Waals surface area contributed by atoms with Gasteiger partial charge in [0.15, 0.2) is 0 Å². The number of anilines is 1. The standard InChI is InChI=1S/C12H12N2O2/c1-16-12(15)9-6-10(13)8-11(7-9)14-4-2-3-5-14/h2-8H,13H2,1H3. The SMILES string of the molecule is COC(=O)c1cc(N)cc(-n2cccc2)c1. The third-order valence-corrected chi connectivity index (χ3v) is 2.26. The number of esters is 1. The molecule has 2 N–H and O–H groups in total. The van der Waals surface area contributed by atoms with Gasteiger partial charge in [0.1, 0.15) is 0 Å². The molecule has 0 fully saturated rings. The summed E-state index contributed by atoms with van der Waals surface area (Å²) in [6, 6.07) is 8.94. The number of rotatable bonds is 2. The van der Waals surface area contributed by atoms with Crippen molar-refractivity contribution in [1.29, 1.82) is 0 Å². The summed E-state index contributed by atoms with van der Waals surface area (Å²) in [5.74, 6) is -0.388. The topological polar surface area (TPSA) is 57.2 Å². The number of nitrogen functional groups attached to an aromatic ring is 1. The summed E-state index contributed by atoms with van der Waals surface area (Å²) in [4.78, 5) is 11.4. The van der Waals surface area contributed by atoms with Crippen molar-refractivity contribution in [3.05, 3.63) is 48.3 Å². The van der Waals surface area contributed by atoms with Gasteiger partial charge in [0.05, 0.1) is 12.7 Å². The first-order chi connectivity index (χ1) is 7.70. The van der Waals surface area contributed by atoms with E-state index in [1.165, 1.54) is 7.11 Å². The Labute approximate surface area is 93.3 Å². The van der Waals surface area contributed by atoms with Gasteiger partial charge < -0.3 is 15.0 Å². The van der Waals surface area contributed by atoms with Crippen LogP contribution in [-0.2, 0) is 4.74 Å². The molecule has 1 heterocycles. The predicted molar refractivity (Wildman–Crippen MR) is 61.5 cm³/mol. The maximum atomic E-state index is 11.4. The molecule has 0 saturated heterocycles. The summed E-state index contributed by atoms with van der Waals surface area (Å²) < 4.78 is 6.54. The summed E-state index contributed by atoms with van der Waals surface area (Å²) in [5.41, 5.74) is 7.56. The normalized spacial score (nSPS) is 10.1. The van der Waals surface area contributed by atoms with Crippen molar-refractivity contribution >= 4 is 11.7 Å². The average Bonchev–Trinajstić information content (AvgIpc) is 2.80. The van der Waals surface area contributed by atoms with Gasteiger partial charge in [-0.25, -0.2) is 4.79 Å². The van der Waals surface area contributed by atoms with Gasteiger partial charge in [-0.1, -0.05) is 0 Å². The summed E-state index contributed by atoms with van der Waals surface area (Å²) in [6.45, 7) is 0. The second kappa shape index (κ2) is 4.10. The number of aromatic nitrogens is 1. The number of hydrogen-bond acceptors (Lipinski definition) is 3. The predicted octanol–water partition coefficient (Wildman–Crippen LogP) is 1.85. The third kappa shape index (κ3) is 1.91. The molecule has 0 spiro atoms. The Bertz CT molecular complexity index is 504. The molecule has 0 aliphatic heterocycles. The van der Waals surface area contributed by atoms with Crippen LogP contribution < -0.4 is 5.73 Å². The van der Waals surface area contributed by atoms with Gasteiger partial charge in [-0.2, -0.15) is 0 Å². The Morgan fingerprint density at radius 3 is 2.56 bits per heavy atom. The lowest BCUT2D eigenvalue weighted by Crippen LogP contribution is -2.04. The van der Waals surface area contributed by atoms with Crippen LogP contribution in [0.2, 0.25) is 0 Å². The highest BCUT2D eigenvalue weighted by Gasteiger charge is 2.08.